The Kier molecular flexibility index (Phi) is 6.79. The minimum absolute atomic E-state index is 0.0313. The predicted molar refractivity (Wildman–Crippen MR) is 78.2 cm³/mol. The number of rotatable bonds is 8. The topological polar surface area (TPSA) is 65.1 Å². The van der Waals surface area contributed by atoms with Gasteiger partial charge in [0, 0.05) is 19.6 Å². The summed E-state index contributed by atoms with van der Waals surface area (Å²) in [6, 6.07) is 0.0313. The summed E-state index contributed by atoms with van der Waals surface area (Å²) in [5, 5.41) is 5.15. The molecule has 0 amide bonds. The van der Waals surface area contributed by atoms with E-state index in [9.17, 15) is 0 Å². The third-order valence-electron chi connectivity index (χ3n) is 3.31. The van der Waals surface area contributed by atoms with Crippen molar-refractivity contribution in [2.75, 3.05) is 6.61 Å². The van der Waals surface area contributed by atoms with E-state index in [-0.39, 0.29) is 12.1 Å². The van der Waals surface area contributed by atoms with Crippen molar-refractivity contribution in [3.63, 3.8) is 0 Å². The van der Waals surface area contributed by atoms with Crippen LogP contribution >= 0.6 is 11.6 Å². The molecule has 0 aliphatic heterocycles. The molecule has 2 atom stereocenters. The van der Waals surface area contributed by atoms with Crippen LogP contribution in [0.3, 0.4) is 0 Å². The molecular weight excluding hydrogens is 264 g/mol. The van der Waals surface area contributed by atoms with Crippen molar-refractivity contribution < 1.29 is 4.74 Å². The van der Waals surface area contributed by atoms with Crippen molar-refractivity contribution >= 4 is 11.6 Å². The second-order valence-electron chi connectivity index (χ2n) is 4.54. The minimum atomic E-state index is 0.0313. The maximum Gasteiger partial charge on any atom is 0.0847 e. The predicted octanol–water partition coefficient (Wildman–Crippen LogP) is 2.05. The Morgan fingerprint density at radius 2 is 2.11 bits per heavy atom. The maximum absolute atomic E-state index is 6.33. The molecule has 2 unspecified atom stereocenters. The molecule has 6 heteroatoms. The van der Waals surface area contributed by atoms with Crippen LogP contribution in [0.2, 0.25) is 5.02 Å². The van der Waals surface area contributed by atoms with E-state index in [0.29, 0.717) is 13.0 Å². The lowest BCUT2D eigenvalue weighted by molar-refractivity contribution is 0.0314. The Labute approximate surface area is 120 Å². The first-order chi connectivity index (χ1) is 9.08. The molecule has 0 aromatic carbocycles. The molecule has 1 aromatic rings. The molecule has 1 heterocycles. The van der Waals surface area contributed by atoms with Crippen molar-refractivity contribution in [2.45, 2.75) is 59.2 Å². The summed E-state index contributed by atoms with van der Waals surface area (Å²) in [6.07, 6.45) is 1.69. The van der Waals surface area contributed by atoms with Crippen LogP contribution in [0.15, 0.2) is 0 Å². The quantitative estimate of drug-likeness (QED) is 0.568. The number of hydrazine groups is 1. The van der Waals surface area contributed by atoms with Crippen LogP contribution in [-0.4, -0.2) is 28.5 Å². The van der Waals surface area contributed by atoms with E-state index < -0.39 is 0 Å². The number of hydrogen-bond acceptors (Lipinski definition) is 4. The Balaban J connectivity index is 2.91. The van der Waals surface area contributed by atoms with Gasteiger partial charge in [-0.05, 0) is 27.2 Å². The Morgan fingerprint density at radius 3 is 2.58 bits per heavy atom. The third-order valence-corrected chi connectivity index (χ3v) is 3.80. The average molecular weight is 289 g/mol. The van der Waals surface area contributed by atoms with Crippen molar-refractivity contribution in [1.82, 2.24) is 15.2 Å². The molecule has 3 N–H and O–H groups in total. The Hall–Kier alpha value is -0.620. The highest BCUT2D eigenvalue weighted by molar-refractivity contribution is 6.31. The van der Waals surface area contributed by atoms with Gasteiger partial charge >= 0.3 is 0 Å². The number of aromatic nitrogens is 2. The number of ether oxygens (including phenoxy) is 1. The molecule has 0 radical (unpaired) electrons. The van der Waals surface area contributed by atoms with Crippen molar-refractivity contribution in [3.05, 3.63) is 16.4 Å². The summed E-state index contributed by atoms with van der Waals surface area (Å²) in [7, 11) is 0. The van der Waals surface area contributed by atoms with E-state index in [1.54, 1.807) is 0 Å². The van der Waals surface area contributed by atoms with Gasteiger partial charge in [0.2, 0.25) is 0 Å². The maximum atomic E-state index is 6.33. The molecule has 0 bridgehead atoms. The van der Waals surface area contributed by atoms with Crippen LogP contribution in [0.5, 0.6) is 0 Å². The molecule has 110 valence electrons. The molecule has 19 heavy (non-hydrogen) atoms. The second-order valence-corrected chi connectivity index (χ2v) is 4.92. The van der Waals surface area contributed by atoms with Gasteiger partial charge in [0.25, 0.3) is 0 Å². The van der Waals surface area contributed by atoms with Crippen LogP contribution in [0.4, 0.5) is 0 Å². The molecule has 0 saturated carbocycles. The number of nitrogens with zero attached hydrogens (tertiary/aromatic N) is 2. The van der Waals surface area contributed by atoms with Crippen LogP contribution in [0.25, 0.3) is 0 Å². The highest BCUT2D eigenvalue weighted by Gasteiger charge is 2.23. The van der Waals surface area contributed by atoms with E-state index in [2.05, 4.69) is 24.4 Å². The number of aryl methyl sites for hydroxylation is 2. The molecule has 0 aliphatic carbocycles. The summed E-state index contributed by atoms with van der Waals surface area (Å²) in [4.78, 5) is 0. The molecule has 0 saturated heterocycles. The van der Waals surface area contributed by atoms with Gasteiger partial charge in [-0.15, -0.1) is 0 Å². The minimum Gasteiger partial charge on any atom is -0.377 e. The van der Waals surface area contributed by atoms with Gasteiger partial charge in [-0.1, -0.05) is 18.5 Å². The van der Waals surface area contributed by atoms with E-state index >= 15 is 0 Å². The number of hydrogen-bond donors (Lipinski definition) is 2. The van der Waals surface area contributed by atoms with Crippen molar-refractivity contribution in [3.8, 4) is 0 Å². The van der Waals surface area contributed by atoms with Gasteiger partial charge in [-0.25, -0.2) is 0 Å². The first-order valence-corrected chi connectivity index (χ1v) is 7.26. The number of nitrogens with two attached hydrogens (primary N) is 1. The molecular formula is C13H25ClN4O. The fourth-order valence-corrected chi connectivity index (χ4v) is 2.52. The Bertz CT molecular complexity index is 394. The summed E-state index contributed by atoms with van der Waals surface area (Å²) in [6.45, 7) is 9.53. The fraction of sp³-hybridized carbons (Fsp3) is 0.769. The monoisotopic (exact) mass is 288 g/mol. The molecule has 0 fully saturated rings. The molecule has 5 nitrogen and oxygen atoms in total. The first kappa shape index (κ1) is 16.4. The SMILES string of the molecule is CCOC(CC)C(Cc1c(Cl)c(C)nn1CC)NN. The summed E-state index contributed by atoms with van der Waals surface area (Å²) >= 11 is 6.33. The summed E-state index contributed by atoms with van der Waals surface area (Å²) in [5.74, 6) is 5.67. The highest BCUT2D eigenvalue weighted by atomic mass is 35.5. The van der Waals surface area contributed by atoms with Crippen LogP contribution < -0.4 is 11.3 Å². The standard InChI is InChI=1S/C13H25ClN4O/c1-5-12(19-7-3)10(16-15)8-11-13(14)9(4)17-18(11)6-2/h10,12,16H,5-8,15H2,1-4H3. The zero-order valence-electron chi connectivity index (χ0n) is 12.2. The van der Waals surface area contributed by atoms with Crippen LogP contribution in [-0.2, 0) is 17.7 Å². The van der Waals surface area contributed by atoms with Gasteiger partial charge in [-0.3, -0.25) is 16.0 Å². The summed E-state index contributed by atoms with van der Waals surface area (Å²) < 4.78 is 7.65. The largest absolute Gasteiger partial charge is 0.377 e. The van der Waals surface area contributed by atoms with Gasteiger partial charge in [0.15, 0.2) is 0 Å². The number of halogens is 1. The van der Waals surface area contributed by atoms with E-state index in [1.807, 2.05) is 18.5 Å². The molecule has 1 aromatic heterocycles. The highest BCUT2D eigenvalue weighted by Crippen LogP contribution is 2.23. The fourth-order valence-electron chi connectivity index (χ4n) is 2.30. The normalized spacial score (nSPS) is 14.6. The van der Waals surface area contributed by atoms with Gasteiger partial charge in [0.05, 0.1) is 28.6 Å². The van der Waals surface area contributed by atoms with Crippen molar-refractivity contribution in [2.24, 2.45) is 5.84 Å². The zero-order valence-corrected chi connectivity index (χ0v) is 13.0. The lowest BCUT2D eigenvalue weighted by Gasteiger charge is -2.25. The van der Waals surface area contributed by atoms with Crippen LogP contribution in [0, 0.1) is 6.92 Å². The first-order valence-electron chi connectivity index (χ1n) is 6.88. The van der Waals surface area contributed by atoms with Gasteiger partial charge in [0.1, 0.15) is 0 Å². The summed E-state index contributed by atoms with van der Waals surface area (Å²) in [5.41, 5.74) is 4.73. The molecule has 1 rings (SSSR count). The van der Waals surface area contributed by atoms with Gasteiger partial charge < -0.3 is 4.74 Å². The average Bonchev–Trinajstić information content (AvgIpc) is 2.69. The molecule has 0 aliphatic rings. The van der Waals surface area contributed by atoms with E-state index in [4.69, 9.17) is 22.2 Å². The Morgan fingerprint density at radius 1 is 1.42 bits per heavy atom. The van der Waals surface area contributed by atoms with Crippen LogP contribution in [0.1, 0.15) is 38.6 Å². The lowest BCUT2D eigenvalue weighted by Crippen LogP contribution is -2.46. The number of nitrogens with one attached hydrogen (secondary N) is 1. The smallest absolute Gasteiger partial charge is 0.0847 e. The lowest BCUT2D eigenvalue weighted by atomic mass is 10.0. The van der Waals surface area contributed by atoms with Gasteiger partial charge in [-0.2, -0.15) is 5.10 Å². The third kappa shape index (κ3) is 3.92. The molecule has 0 spiro atoms. The van der Waals surface area contributed by atoms with E-state index in [0.717, 1.165) is 29.4 Å². The second kappa shape index (κ2) is 7.85. The van der Waals surface area contributed by atoms with E-state index in [1.165, 1.54) is 0 Å². The zero-order chi connectivity index (χ0) is 14.4. The van der Waals surface area contributed by atoms with Crippen molar-refractivity contribution in [1.29, 1.82) is 0 Å².